The predicted molar refractivity (Wildman–Crippen MR) is 115 cm³/mol. The molecule has 1 amide bonds. The maximum absolute atomic E-state index is 12.4. The quantitative estimate of drug-likeness (QED) is 0.581. The highest BCUT2D eigenvalue weighted by Gasteiger charge is 2.16. The third-order valence-electron chi connectivity index (χ3n) is 4.39. The van der Waals surface area contributed by atoms with Gasteiger partial charge in [0.1, 0.15) is 10.8 Å². The number of carbonyl (C=O) groups is 1. The van der Waals surface area contributed by atoms with Crippen molar-refractivity contribution in [1.82, 2.24) is 10.3 Å². The number of aryl methyl sites for hydroxylation is 3. The van der Waals surface area contributed by atoms with Crippen molar-refractivity contribution < 1.29 is 9.53 Å². The van der Waals surface area contributed by atoms with Crippen LogP contribution in [0.4, 0.5) is 0 Å². The number of carbonyl (C=O) groups excluding carboxylic acids is 1. The van der Waals surface area contributed by atoms with Gasteiger partial charge in [0, 0.05) is 16.0 Å². The fourth-order valence-corrected chi connectivity index (χ4v) is 3.71. The molecule has 0 aliphatic carbocycles. The van der Waals surface area contributed by atoms with Crippen LogP contribution in [0.1, 0.15) is 29.3 Å². The Kier molecular flexibility index (Phi) is 6.37. The number of nitrogens with zero attached hydrogens (tertiary/aromatic N) is 1. The van der Waals surface area contributed by atoms with Crippen LogP contribution in [-0.4, -0.2) is 17.0 Å². The Balaban J connectivity index is 1.57. The third-order valence-corrected chi connectivity index (χ3v) is 5.92. The van der Waals surface area contributed by atoms with E-state index in [0.29, 0.717) is 12.3 Å². The molecule has 0 saturated heterocycles. The molecule has 0 spiro atoms. The van der Waals surface area contributed by atoms with E-state index < -0.39 is 6.10 Å². The van der Waals surface area contributed by atoms with Crippen LogP contribution >= 0.6 is 22.9 Å². The van der Waals surface area contributed by atoms with Crippen LogP contribution in [-0.2, 0) is 11.3 Å². The molecule has 1 heterocycles. The zero-order valence-electron chi connectivity index (χ0n) is 16.4. The van der Waals surface area contributed by atoms with E-state index in [9.17, 15) is 4.79 Å². The van der Waals surface area contributed by atoms with Gasteiger partial charge in [0.2, 0.25) is 0 Å². The third kappa shape index (κ3) is 4.91. The number of halogens is 1. The molecular formula is C22H23ClN2O2S. The van der Waals surface area contributed by atoms with Crippen molar-refractivity contribution in [3.8, 4) is 16.3 Å². The second-order valence-corrected chi connectivity index (χ2v) is 8.10. The van der Waals surface area contributed by atoms with Crippen molar-refractivity contribution >= 4 is 28.8 Å². The minimum absolute atomic E-state index is 0.185. The molecule has 1 atom stereocenters. The molecule has 0 aliphatic rings. The molecule has 0 aliphatic heterocycles. The van der Waals surface area contributed by atoms with Gasteiger partial charge < -0.3 is 10.1 Å². The second kappa shape index (κ2) is 8.76. The van der Waals surface area contributed by atoms with Gasteiger partial charge in [-0.1, -0.05) is 41.4 Å². The fourth-order valence-electron chi connectivity index (χ4n) is 2.77. The van der Waals surface area contributed by atoms with Crippen molar-refractivity contribution in [3.05, 3.63) is 69.2 Å². The van der Waals surface area contributed by atoms with E-state index in [-0.39, 0.29) is 5.91 Å². The lowest BCUT2D eigenvalue weighted by atomic mass is 10.1. The first-order chi connectivity index (χ1) is 13.3. The van der Waals surface area contributed by atoms with Gasteiger partial charge in [-0.2, -0.15) is 0 Å². The molecule has 0 bridgehead atoms. The molecule has 0 unspecified atom stereocenters. The summed E-state index contributed by atoms with van der Waals surface area (Å²) in [4.78, 5) is 17.0. The maximum atomic E-state index is 12.4. The molecule has 0 radical (unpaired) electrons. The van der Waals surface area contributed by atoms with E-state index in [0.717, 1.165) is 32.4 Å². The van der Waals surface area contributed by atoms with E-state index in [1.807, 2.05) is 31.4 Å². The summed E-state index contributed by atoms with van der Waals surface area (Å²) < 4.78 is 5.78. The summed E-state index contributed by atoms with van der Waals surface area (Å²) in [5, 5.41) is 6.52. The highest BCUT2D eigenvalue weighted by Crippen LogP contribution is 2.27. The Bertz CT molecular complexity index is 959. The molecular weight excluding hydrogens is 392 g/mol. The topological polar surface area (TPSA) is 51.2 Å². The molecule has 2 aromatic carbocycles. The highest BCUT2D eigenvalue weighted by molar-refractivity contribution is 7.13. The number of thiazole rings is 1. The van der Waals surface area contributed by atoms with Gasteiger partial charge in [-0.25, -0.2) is 4.98 Å². The van der Waals surface area contributed by atoms with Gasteiger partial charge >= 0.3 is 0 Å². The van der Waals surface area contributed by atoms with Crippen LogP contribution in [0.25, 0.3) is 10.6 Å². The summed E-state index contributed by atoms with van der Waals surface area (Å²) in [6.45, 7) is 7.99. The molecule has 1 N–H and O–H groups in total. The first-order valence-corrected chi connectivity index (χ1v) is 10.3. The predicted octanol–water partition coefficient (Wildman–Crippen LogP) is 5.47. The van der Waals surface area contributed by atoms with E-state index in [4.69, 9.17) is 16.3 Å². The zero-order chi connectivity index (χ0) is 20.3. The minimum Gasteiger partial charge on any atom is -0.481 e. The van der Waals surface area contributed by atoms with Crippen LogP contribution in [0.15, 0.2) is 41.8 Å². The maximum Gasteiger partial charge on any atom is 0.261 e. The van der Waals surface area contributed by atoms with Crippen LogP contribution in [0.2, 0.25) is 5.02 Å². The number of benzene rings is 2. The fraction of sp³-hybridized carbons (Fsp3) is 0.273. The molecule has 1 aromatic heterocycles. The van der Waals surface area contributed by atoms with Crippen LogP contribution < -0.4 is 10.1 Å². The lowest BCUT2D eigenvalue weighted by Gasteiger charge is -2.16. The molecule has 6 heteroatoms. The van der Waals surface area contributed by atoms with Gasteiger partial charge in [0.25, 0.3) is 5.91 Å². The molecule has 28 heavy (non-hydrogen) atoms. The first-order valence-electron chi connectivity index (χ1n) is 9.06. The van der Waals surface area contributed by atoms with Gasteiger partial charge in [-0.15, -0.1) is 11.3 Å². The number of hydrogen-bond acceptors (Lipinski definition) is 4. The number of amides is 1. The summed E-state index contributed by atoms with van der Waals surface area (Å²) in [7, 11) is 0. The minimum atomic E-state index is -0.616. The molecule has 3 aromatic rings. The zero-order valence-corrected chi connectivity index (χ0v) is 17.9. The average Bonchev–Trinajstić information content (AvgIpc) is 3.13. The van der Waals surface area contributed by atoms with E-state index >= 15 is 0 Å². The van der Waals surface area contributed by atoms with E-state index in [1.165, 1.54) is 5.56 Å². The van der Waals surface area contributed by atoms with Crippen LogP contribution in [0, 0.1) is 20.8 Å². The molecule has 4 nitrogen and oxygen atoms in total. The molecule has 0 saturated carbocycles. The van der Waals surface area contributed by atoms with E-state index in [2.05, 4.69) is 41.5 Å². The van der Waals surface area contributed by atoms with Crippen molar-refractivity contribution in [2.24, 2.45) is 0 Å². The summed E-state index contributed by atoms with van der Waals surface area (Å²) in [5.41, 5.74) is 4.98. The summed E-state index contributed by atoms with van der Waals surface area (Å²) in [5.74, 6) is 0.451. The number of ether oxygens (including phenoxy) is 1. The molecule has 3 rings (SSSR count). The Morgan fingerprint density at radius 1 is 1.18 bits per heavy atom. The van der Waals surface area contributed by atoms with Crippen molar-refractivity contribution in [2.45, 2.75) is 40.3 Å². The monoisotopic (exact) mass is 414 g/mol. The van der Waals surface area contributed by atoms with Gasteiger partial charge in [-0.3, -0.25) is 4.79 Å². The number of aromatic nitrogens is 1. The average molecular weight is 415 g/mol. The van der Waals surface area contributed by atoms with Crippen LogP contribution in [0.3, 0.4) is 0 Å². The van der Waals surface area contributed by atoms with Gasteiger partial charge in [0.15, 0.2) is 6.10 Å². The lowest BCUT2D eigenvalue weighted by Crippen LogP contribution is -2.36. The number of nitrogens with one attached hydrogen (secondary N) is 1. The lowest BCUT2D eigenvalue weighted by molar-refractivity contribution is -0.127. The Hall–Kier alpha value is -2.37. The largest absolute Gasteiger partial charge is 0.481 e. The van der Waals surface area contributed by atoms with Crippen molar-refractivity contribution in [2.75, 3.05) is 0 Å². The summed E-state index contributed by atoms with van der Waals surface area (Å²) in [6.07, 6.45) is -0.616. The Labute approximate surface area is 174 Å². The normalized spacial score (nSPS) is 11.9. The number of hydrogen-bond donors (Lipinski definition) is 1. The van der Waals surface area contributed by atoms with Crippen molar-refractivity contribution in [3.63, 3.8) is 0 Å². The summed E-state index contributed by atoms with van der Waals surface area (Å²) >= 11 is 7.75. The van der Waals surface area contributed by atoms with Gasteiger partial charge in [0.05, 0.1) is 12.2 Å². The van der Waals surface area contributed by atoms with Crippen LogP contribution in [0.5, 0.6) is 5.75 Å². The SMILES string of the molecule is Cc1ccc(-c2nc(CNC(=O)[C@H](C)Oc3cc(C)c(Cl)c(C)c3)cs2)cc1. The standard InChI is InChI=1S/C22H23ClN2O2S/c1-13-5-7-17(8-6-13)22-25-18(12-28-22)11-24-21(26)16(4)27-19-9-14(2)20(23)15(3)10-19/h5-10,12,16H,11H2,1-4H3,(H,24,26)/t16-/m0/s1. The number of rotatable bonds is 6. The smallest absolute Gasteiger partial charge is 0.261 e. The summed E-state index contributed by atoms with van der Waals surface area (Å²) in [6, 6.07) is 11.9. The van der Waals surface area contributed by atoms with E-state index in [1.54, 1.807) is 18.3 Å². The molecule has 146 valence electrons. The van der Waals surface area contributed by atoms with Crippen molar-refractivity contribution in [1.29, 1.82) is 0 Å². The van der Waals surface area contributed by atoms with Gasteiger partial charge in [-0.05, 0) is 51.0 Å². The Morgan fingerprint density at radius 2 is 1.82 bits per heavy atom. The molecule has 0 fully saturated rings. The first kappa shape index (κ1) is 20.4. The highest BCUT2D eigenvalue weighted by atomic mass is 35.5. The second-order valence-electron chi connectivity index (χ2n) is 6.86. The Morgan fingerprint density at radius 3 is 2.46 bits per heavy atom.